The molecule has 1 heterocycles. The predicted molar refractivity (Wildman–Crippen MR) is 63.9 cm³/mol. The molecule has 2 saturated carbocycles. The molecule has 16 heavy (non-hydrogen) atoms. The van der Waals surface area contributed by atoms with Gasteiger partial charge in [0.2, 0.25) is 0 Å². The first-order chi connectivity index (χ1) is 7.79. The van der Waals surface area contributed by atoms with Crippen molar-refractivity contribution < 1.29 is 0 Å². The summed E-state index contributed by atoms with van der Waals surface area (Å²) in [6.07, 6.45) is 7.73. The van der Waals surface area contributed by atoms with Crippen molar-refractivity contribution in [1.29, 1.82) is 0 Å². The highest BCUT2D eigenvalue weighted by Crippen LogP contribution is 2.52. The van der Waals surface area contributed by atoms with Gasteiger partial charge in [-0.3, -0.25) is 4.68 Å². The maximum Gasteiger partial charge on any atom is 0.0553 e. The van der Waals surface area contributed by atoms with Crippen LogP contribution in [-0.4, -0.2) is 16.8 Å². The van der Waals surface area contributed by atoms with E-state index in [9.17, 15) is 0 Å². The highest BCUT2D eigenvalue weighted by atomic mass is 15.3. The average Bonchev–Trinajstić information content (AvgIpc) is 2.97. The van der Waals surface area contributed by atoms with Crippen LogP contribution in [0.5, 0.6) is 0 Å². The number of nitrogens with zero attached hydrogens (tertiary/aromatic N) is 2. The quantitative estimate of drug-likeness (QED) is 0.844. The Labute approximate surface area is 97.2 Å². The van der Waals surface area contributed by atoms with Gasteiger partial charge in [-0.15, -0.1) is 0 Å². The molecule has 2 bridgehead atoms. The van der Waals surface area contributed by atoms with Crippen LogP contribution in [0, 0.1) is 17.8 Å². The summed E-state index contributed by atoms with van der Waals surface area (Å²) in [6, 6.07) is 2.66. The van der Waals surface area contributed by atoms with Gasteiger partial charge in [0.05, 0.1) is 11.7 Å². The fraction of sp³-hybridized carbons (Fsp3) is 0.769. The van der Waals surface area contributed by atoms with Crippen molar-refractivity contribution in [3.05, 3.63) is 18.0 Å². The van der Waals surface area contributed by atoms with Crippen LogP contribution in [0.15, 0.2) is 12.3 Å². The first kappa shape index (κ1) is 10.3. The molecule has 1 N–H and O–H groups in total. The lowest BCUT2D eigenvalue weighted by atomic mass is 9.82. The number of rotatable bonds is 3. The lowest BCUT2D eigenvalue weighted by Gasteiger charge is -2.30. The van der Waals surface area contributed by atoms with Gasteiger partial charge >= 0.3 is 0 Å². The summed E-state index contributed by atoms with van der Waals surface area (Å²) in [5.41, 5.74) is 1.35. The Bertz CT molecular complexity index is 371. The Kier molecular flexibility index (Phi) is 2.51. The Hall–Kier alpha value is -0.830. The molecule has 0 spiro atoms. The van der Waals surface area contributed by atoms with E-state index in [0.29, 0.717) is 6.04 Å². The third-order valence-corrected chi connectivity index (χ3v) is 4.71. The maximum atomic E-state index is 4.30. The highest BCUT2D eigenvalue weighted by molar-refractivity contribution is 5.11. The van der Waals surface area contributed by atoms with Gasteiger partial charge in [-0.1, -0.05) is 6.42 Å². The van der Waals surface area contributed by atoms with Crippen molar-refractivity contribution >= 4 is 0 Å². The predicted octanol–water partition coefficient (Wildman–Crippen LogP) is 2.12. The first-order valence-electron chi connectivity index (χ1n) is 6.44. The maximum absolute atomic E-state index is 4.30. The van der Waals surface area contributed by atoms with Gasteiger partial charge in [0.25, 0.3) is 0 Å². The normalized spacial score (nSPS) is 34.5. The van der Waals surface area contributed by atoms with Crippen LogP contribution in [0.3, 0.4) is 0 Å². The Balaban J connectivity index is 1.84. The second-order valence-corrected chi connectivity index (χ2v) is 5.48. The molecule has 4 unspecified atom stereocenters. The van der Waals surface area contributed by atoms with Crippen molar-refractivity contribution in [1.82, 2.24) is 15.1 Å². The van der Waals surface area contributed by atoms with Gasteiger partial charge in [0.1, 0.15) is 0 Å². The van der Waals surface area contributed by atoms with Crippen LogP contribution in [-0.2, 0) is 7.05 Å². The highest BCUT2D eigenvalue weighted by Gasteiger charge is 2.43. The van der Waals surface area contributed by atoms with Crippen LogP contribution in [0.25, 0.3) is 0 Å². The molecule has 1 aromatic heterocycles. The van der Waals surface area contributed by atoms with E-state index in [4.69, 9.17) is 0 Å². The van der Waals surface area contributed by atoms with E-state index in [1.165, 1.54) is 31.4 Å². The molecule has 0 amide bonds. The minimum absolute atomic E-state index is 0.503. The number of aromatic nitrogens is 2. The van der Waals surface area contributed by atoms with Crippen LogP contribution in [0.2, 0.25) is 0 Å². The summed E-state index contributed by atoms with van der Waals surface area (Å²) >= 11 is 0. The second kappa shape index (κ2) is 3.88. The minimum Gasteiger partial charge on any atom is -0.311 e. The molecule has 0 aliphatic heterocycles. The van der Waals surface area contributed by atoms with Crippen molar-refractivity contribution in [2.45, 2.75) is 31.7 Å². The molecular weight excluding hydrogens is 198 g/mol. The summed E-state index contributed by atoms with van der Waals surface area (Å²) in [5.74, 6) is 2.80. The van der Waals surface area contributed by atoms with E-state index >= 15 is 0 Å². The van der Waals surface area contributed by atoms with Crippen molar-refractivity contribution in [2.75, 3.05) is 7.05 Å². The van der Waals surface area contributed by atoms with E-state index in [1.54, 1.807) is 0 Å². The molecule has 0 aromatic carbocycles. The summed E-state index contributed by atoms with van der Waals surface area (Å²) in [4.78, 5) is 0. The topological polar surface area (TPSA) is 29.9 Å². The van der Waals surface area contributed by atoms with E-state index in [2.05, 4.69) is 23.5 Å². The molecule has 88 valence electrons. The van der Waals surface area contributed by atoms with Gasteiger partial charge in [-0.05, 0) is 50.1 Å². The smallest absolute Gasteiger partial charge is 0.0553 e. The summed E-state index contributed by atoms with van der Waals surface area (Å²) in [6.45, 7) is 0. The Morgan fingerprint density at radius 2 is 2.31 bits per heavy atom. The number of aryl methyl sites for hydroxylation is 1. The van der Waals surface area contributed by atoms with Crippen LogP contribution in [0.4, 0.5) is 0 Å². The second-order valence-electron chi connectivity index (χ2n) is 5.48. The monoisotopic (exact) mass is 219 g/mol. The Morgan fingerprint density at radius 1 is 1.44 bits per heavy atom. The molecule has 3 heteroatoms. The molecule has 4 atom stereocenters. The van der Waals surface area contributed by atoms with Crippen molar-refractivity contribution in [3.63, 3.8) is 0 Å². The zero-order valence-electron chi connectivity index (χ0n) is 10.2. The van der Waals surface area contributed by atoms with E-state index in [-0.39, 0.29) is 0 Å². The zero-order chi connectivity index (χ0) is 11.1. The standard InChI is InChI=1S/C13H21N3/c1-14-13(12-5-6-15-16(12)2)11-8-9-3-4-10(11)7-9/h5-6,9-11,13-14H,3-4,7-8H2,1-2H3. The van der Waals surface area contributed by atoms with E-state index in [0.717, 1.165) is 17.8 Å². The fourth-order valence-corrected chi connectivity index (χ4v) is 3.97. The molecule has 2 aliphatic rings. The fourth-order valence-electron chi connectivity index (χ4n) is 3.97. The number of hydrogen-bond acceptors (Lipinski definition) is 2. The molecule has 2 aliphatic carbocycles. The molecule has 0 radical (unpaired) electrons. The largest absolute Gasteiger partial charge is 0.311 e. The van der Waals surface area contributed by atoms with Crippen LogP contribution >= 0.6 is 0 Å². The number of nitrogens with one attached hydrogen (secondary N) is 1. The van der Waals surface area contributed by atoms with Gasteiger partial charge in [-0.2, -0.15) is 5.10 Å². The van der Waals surface area contributed by atoms with E-state index < -0.39 is 0 Å². The van der Waals surface area contributed by atoms with E-state index in [1.807, 2.05) is 17.9 Å². The third kappa shape index (κ3) is 1.49. The summed E-state index contributed by atoms with van der Waals surface area (Å²) in [5, 5.41) is 7.81. The third-order valence-electron chi connectivity index (χ3n) is 4.71. The Morgan fingerprint density at radius 3 is 2.81 bits per heavy atom. The lowest BCUT2D eigenvalue weighted by Crippen LogP contribution is -2.30. The van der Waals surface area contributed by atoms with Gasteiger partial charge in [0.15, 0.2) is 0 Å². The van der Waals surface area contributed by atoms with Crippen LogP contribution in [0.1, 0.15) is 37.4 Å². The SMILES string of the molecule is CNC(c1ccnn1C)C1CC2CCC1C2. The first-order valence-corrected chi connectivity index (χ1v) is 6.44. The van der Waals surface area contributed by atoms with Crippen LogP contribution < -0.4 is 5.32 Å². The van der Waals surface area contributed by atoms with Gasteiger partial charge < -0.3 is 5.32 Å². The number of fused-ring (bicyclic) bond motifs is 2. The molecule has 3 rings (SSSR count). The average molecular weight is 219 g/mol. The molecule has 2 fully saturated rings. The van der Waals surface area contributed by atoms with Gasteiger partial charge in [-0.25, -0.2) is 0 Å². The summed E-state index contributed by atoms with van der Waals surface area (Å²) in [7, 11) is 4.14. The zero-order valence-corrected chi connectivity index (χ0v) is 10.2. The molecule has 0 saturated heterocycles. The van der Waals surface area contributed by atoms with Crippen molar-refractivity contribution in [3.8, 4) is 0 Å². The number of hydrogen-bond donors (Lipinski definition) is 1. The molecular formula is C13H21N3. The molecule has 3 nitrogen and oxygen atoms in total. The molecule has 1 aromatic rings. The van der Waals surface area contributed by atoms with Crippen molar-refractivity contribution in [2.24, 2.45) is 24.8 Å². The summed E-state index contributed by atoms with van der Waals surface area (Å²) < 4.78 is 2.02. The minimum atomic E-state index is 0.503. The van der Waals surface area contributed by atoms with Gasteiger partial charge in [0, 0.05) is 13.2 Å². The lowest BCUT2D eigenvalue weighted by molar-refractivity contribution is 0.251.